The van der Waals surface area contributed by atoms with Crippen LogP contribution in [0.15, 0.2) is 71.5 Å². The summed E-state index contributed by atoms with van der Waals surface area (Å²) in [5.74, 6) is -0.709. The molecule has 0 bridgehead atoms. The number of aromatic hydroxyl groups is 1. The first kappa shape index (κ1) is 36.9. The lowest BCUT2D eigenvalue weighted by Crippen LogP contribution is -2.29. The number of aryl methyl sites for hydroxylation is 2. The van der Waals surface area contributed by atoms with Gasteiger partial charge in [-0.1, -0.05) is 56.1 Å². The Kier molecular flexibility index (Phi) is 10.8. The molecule has 2 amide bonds. The highest BCUT2D eigenvalue weighted by atomic mass is 35.5. The third kappa shape index (κ3) is 8.19. The quantitative estimate of drug-likeness (QED) is 0.132. The molecule has 0 unspecified atom stereocenters. The van der Waals surface area contributed by atoms with Gasteiger partial charge in [-0.05, 0) is 73.0 Å². The van der Waals surface area contributed by atoms with Crippen molar-refractivity contribution in [2.75, 3.05) is 12.4 Å². The van der Waals surface area contributed by atoms with Crippen LogP contribution in [0, 0.1) is 19.7 Å². The van der Waals surface area contributed by atoms with E-state index in [4.69, 9.17) is 32.7 Å². The number of urea groups is 1. The minimum absolute atomic E-state index is 0.0717. The molecule has 2 aromatic heterocycles. The zero-order valence-corrected chi connectivity index (χ0v) is 30.2. The molecule has 0 saturated carbocycles. The molecule has 51 heavy (non-hydrogen) atoms. The number of hydrogen-bond acceptors (Lipinski definition) is 7. The number of ether oxygens (including phenoxy) is 2. The van der Waals surface area contributed by atoms with Crippen LogP contribution in [0.4, 0.5) is 15.0 Å². The van der Waals surface area contributed by atoms with Crippen molar-refractivity contribution in [3.05, 3.63) is 127 Å². The van der Waals surface area contributed by atoms with Gasteiger partial charge in [-0.2, -0.15) is 5.10 Å². The lowest BCUT2D eigenvalue weighted by atomic mass is 9.92. The summed E-state index contributed by atoms with van der Waals surface area (Å²) in [4.78, 5) is 38.8. The van der Waals surface area contributed by atoms with Crippen LogP contribution in [0.1, 0.15) is 59.2 Å². The Morgan fingerprint density at radius 1 is 0.980 bits per heavy atom. The van der Waals surface area contributed by atoms with Gasteiger partial charge in [0.25, 0.3) is 5.56 Å². The topological polar surface area (TPSA) is 137 Å². The average Bonchev–Trinajstić information content (AvgIpc) is 3.51. The zero-order chi connectivity index (χ0) is 37.2. The second kappa shape index (κ2) is 14.9. The molecule has 0 aliphatic carbocycles. The predicted octanol–water partition coefficient (Wildman–Crippen LogP) is 7.78. The molecule has 0 atom stereocenters. The van der Waals surface area contributed by atoms with Gasteiger partial charge in [-0.3, -0.25) is 14.7 Å². The van der Waals surface area contributed by atoms with E-state index in [-0.39, 0.29) is 45.7 Å². The maximum absolute atomic E-state index is 14.4. The predicted molar refractivity (Wildman–Crippen MR) is 193 cm³/mol. The zero-order valence-electron chi connectivity index (χ0n) is 28.7. The number of anilines is 1. The molecule has 5 aromatic rings. The number of phenolic OH excluding ortho intramolecular Hbond substituents is 1. The largest absolute Gasteiger partial charge is 0.506 e. The Hall–Kier alpha value is -5.33. The monoisotopic (exact) mass is 735 g/mol. The first-order chi connectivity index (χ1) is 24.1. The maximum atomic E-state index is 14.4. The van der Waals surface area contributed by atoms with Crippen molar-refractivity contribution in [2.24, 2.45) is 0 Å². The highest BCUT2D eigenvalue weighted by Gasteiger charge is 2.23. The first-order valence-corrected chi connectivity index (χ1v) is 16.5. The van der Waals surface area contributed by atoms with Crippen molar-refractivity contribution in [1.29, 1.82) is 0 Å². The van der Waals surface area contributed by atoms with Gasteiger partial charge in [-0.25, -0.2) is 18.7 Å². The summed E-state index contributed by atoms with van der Waals surface area (Å²) in [6.07, 6.45) is 0. The van der Waals surface area contributed by atoms with Crippen LogP contribution in [-0.2, 0) is 23.3 Å². The van der Waals surface area contributed by atoms with Crippen LogP contribution in [-0.4, -0.2) is 38.6 Å². The van der Waals surface area contributed by atoms with E-state index in [1.165, 1.54) is 46.7 Å². The van der Waals surface area contributed by atoms with E-state index in [2.05, 4.69) is 15.7 Å². The van der Waals surface area contributed by atoms with E-state index < -0.39 is 23.4 Å². The van der Waals surface area contributed by atoms with Gasteiger partial charge in [0.15, 0.2) is 0 Å². The molecule has 14 heteroatoms. The number of amides is 2. The number of carbonyl (C=O) groups excluding carboxylic acids is 2. The molecule has 5 rings (SSSR count). The second-order valence-corrected chi connectivity index (χ2v) is 13.6. The molecular weight excluding hydrogens is 700 g/mol. The number of benzene rings is 3. The van der Waals surface area contributed by atoms with Crippen LogP contribution >= 0.6 is 23.2 Å². The molecule has 266 valence electrons. The standard InChI is InChI=1S/C37H36Cl2FN5O6/c1-20-7-8-22(35(48)50-6)15-28(20)44-21(2)13-30(33(39)34(44)47)51-19-23-9-10-25(40)14-24(23)18-41-36(49)42-32-17-31(37(3,4)5)43-45(32)26-11-12-29(46)27(38)16-26/h7-17,46H,18-19H2,1-6H3,(H2,41,42,49). The van der Waals surface area contributed by atoms with Crippen molar-refractivity contribution in [3.8, 4) is 22.9 Å². The third-order valence-electron chi connectivity index (χ3n) is 8.06. The van der Waals surface area contributed by atoms with E-state index in [0.29, 0.717) is 39.7 Å². The number of hydrogen-bond donors (Lipinski definition) is 3. The molecule has 0 fully saturated rings. The summed E-state index contributed by atoms with van der Waals surface area (Å²) in [7, 11) is 1.27. The number of rotatable bonds is 9. The molecule has 3 N–H and O–H groups in total. The maximum Gasteiger partial charge on any atom is 0.337 e. The fourth-order valence-corrected chi connectivity index (χ4v) is 5.60. The van der Waals surface area contributed by atoms with Crippen molar-refractivity contribution in [2.45, 2.75) is 53.2 Å². The molecule has 2 heterocycles. The Balaban J connectivity index is 1.34. The summed E-state index contributed by atoms with van der Waals surface area (Å²) >= 11 is 12.7. The summed E-state index contributed by atoms with van der Waals surface area (Å²) in [6.45, 7) is 9.27. The average molecular weight is 737 g/mol. The molecule has 0 aliphatic heterocycles. The molecule has 11 nitrogen and oxygen atoms in total. The summed E-state index contributed by atoms with van der Waals surface area (Å²) in [6, 6.07) is 16.2. The fraction of sp³-hybridized carbons (Fsp3) is 0.243. The SMILES string of the molecule is COC(=O)c1ccc(C)c(-n2c(C)cc(OCc3ccc(F)cc3CNC(=O)Nc3cc(C(C)(C)C)nn3-c3ccc(O)c(Cl)c3)c(Cl)c2=O)c1. The Morgan fingerprint density at radius 2 is 1.73 bits per heavy atom. The lowest BCUT2D eigenvalue weighted by Gasteiger charge is -2.17. The van der Waals surface area contributed by atoms with Crippen molar-refractivity contribution in [1.82, 2.24) is 19.7 Å². The van der Waals surface area contributed by atoms with Crippen molar-refractivity contribution < 1.29 is 28.6 Å². The van der Waals surface area contributed by atoms with Crippen molar-refractivity contribution >= 4 is 41.0 Å². The van der Waals surface area contributed by atoms with E-state index in [1.54, 1.807) is 50.2 Å². The van der Waals surface area contributed by atoms with Crippen LogP contribution in [0.5, 0.6) is 11.5 Å². The number of pyridine rings is 1. The molecule has 0 radical (unpaired) electrons. The van der Waals surface area contributed by atoms with Gasteiger partial charge in [0.05, 0.1) is 34.8 Å². The normalized spacial score (nSPS) is 11.3. The van der Waals surface area contributed by atoms with E-state index in [1.807, 2.05) is 20.8 Å². The summed E-state index contributed by atoms with van der Waals surface area (Å²) in [5.41, 5.74) is 3.22. The Morgan fingerprint density at radius 3 is 2.41 bits per heavy atom. The first-order valence-electron chi connectivity index (χ1n) is 15.7. The second-order valence-electron chi connectivity index (χ2n) is 12.8. The van der Waals surface area contributed by atoms with Gasteiger partial charge in [0.1, 0.15) is 34.8 Å². The summed E-state index contributed by atoms with van der Waals surface area (Å²) in [5, 5.41) is 20.0. The summed E-state index contributed by atoms with van der Waals surface area (Å²) < 4.78 is 28.1. The van der Waals surface area contributed by atoms with E-state index >= 15 is 0 Å². The Labute approximate surface area is 303 Å². The van der Waals surface area contributed by atoms with Gasteiger partial charge < -0.3 is 19.9 Å². The molecule has 3 aromatic carbocycles. The highest BCUT2D eigenvalue weighted by molar-refractivity contribution is 6.32. The molecule has 0 spiro atoms. The number of halogens is 3. The number of nitrogens with one attached hydrogen (secondary N) is 2. The van der Waals surface area contributed by atoms with Gasteiger partial charge >= 0.3 is 12.0 Å². The van der Waals surface area contributed by atoms with Gasteiger partial charge in [-0.15, -0.1) is 0 Å². The minimum atomic E-state index is -0.591. The smallest absolute Gasteiger partial charge is 0.337 e. The van der Waals surface area contributed by atoms with Gasteiger partial charge in [0.2, 0.25) is 0 Å². The third-order valence-corrected chi connectivity index (χ3v) is 8.71. The number of methoxy groups -OCH3 is 1. The van der Waals surface area contributed by atoms with Crippen molar-refractivity contribution in [3.63, 3.8) is 0 Å². The van der Waals surface area contributed by atoms with Gasteiger partial charge in [0, 0.05) is 29.8 Å². The number of phenols is 1. The van der Waals surface area contributed by atoms with Crippen LogP contribution < -0.4 is 20.9 Å². The Bertz CT molecular complexity index is 2210. The molecule has 0 saturated heterocycles. The number of aromatic nitrogens is 3. The van der Waals surface area contributed by atoms with Crippen LogP contribution in [0.2, 0.25) is 10.0 Å². The highest BCUT2D eigenvalue weighted by Crippen LogP contribution is 2.31. The number of esters is 1. The number of carbonyl (C=O) groups is 2. The van der Waals surface area contributed by atoms with Crippen LogP contribution in [0.3, 0.4) is 0 Å². The lowest BCUT2D eigenvalue weighted by molar-refractivity contribution is 0.0600. The van der Waals surface area contributed by atoms with Crippen LogP contribution in [0.25, 0.3) is 11.4 Å². The van der Waals surface area contributed by atoms with E-state index in [9.17, 15) is 23.9 Å². The fourth-order valence-electron chi connectivity index (χ4n) is 5.23. The van der Waals surface area contributed by atoms with E-state index in [0.717, 1.165) is 5.56 Å². The minimum Gasteiger partial charge on any atom is -0.506 e. The molecule has 0 aliphatic rings. The number of nitrogens with zero attached hydrogens (tertiary/aromatic N) is 3. The molecular formula is C37H36Cl2FN5O6.